The number of ether oxygens (including phenoxy) is 1. The molecular formula is C17H24N4O3S2. The van der Waals surface area contributed by atoms with Crippen LogP contribution in [-0.2, 0) is 4.74 Å². The number of hydrogen-bond acceptors (Lipinski definition) is 6. The number of carbonyl (C=O) groups excluding carboxylic acids is 2. The molecule has 0 unspecified atom stereocenters. The number of rotatable bonds is 6. The molecule has 0 saturated heterocycles. The van der Waals surface area contributed by atoms with Crippen molar-refractivity contribution in [3.63, 3.8) is 0 Å². The third kappa shape index (κ3) is 5.57. The van der Waals surface area contributed by atoms with Crippen LogP contribution in [0.3, 0.4) is 0 Å². The Balaban J connectivity index is 3.09. The maximum Gasteiger partial charge on any atom is 0.341 e. The molecule has 0 atom stereocenters. The van der Waals surface area contributed by atoms with E-state index in [4.69, 9.17) is 17.0 Å². The largest absolute Gasteiger partial charge is 0.465 e. The first-order valence-electron chi connectivity index (χ1n) is 7.63. The molecule has 9 heteroatoms. The highest BCUT2D eigenvalue weighted by atomic mass is 32.1. The summed E-state index contributed by atoms with van der Waals surface area (Å²) >= 11 is 6.43. The summed E-state index contributed by atoms with van der Waals surface area (Å²) in [6.07, 6.45) is 3.58. The number of amides is 1. The predicted octanol–water partition coefficient (Wildman–Crippen LogP) is 2.42. The van der Waals surface area contributed by atoms with Crippen LogP contribution in [-0.4, -0.2) is 62.1 Å². The summed E-state index contributed by atoms with van der Waals surface area (Å²) in [5, 5.41) is 6.58. The Bertz CT molecular complexity index is 751. The molecule has 0 radical (unpaired) electrons. The van der Waals surface area contributed by atoms with Crippen molar-refractivity contribution in [3.05, 3.63) is 40.6 Å². The number of carbonyl (C=O) groups is 2. The van der Waals surface area contributed by atoms with Crippen LogP contribution in [0.1, 0.15) is 25.6 Å². The molecule has 2 N–H and O–H groups in total. The molecule has 0 bridgehead atoms. The van der Waals surface area contributed by atoms with Gasteiger partial charge in [-0.25, -0.2) is 4.79 Å². The van der Waals surface area contributed by atoms with Gasteiger partial charge >= 0.3 is 5.97 Å². The number of methoxy groups -OCH3 is 1. The molecule has 0 aliphatic heterocycles. The van der Waals surface area contributed by atoms with Crippen molar-refractivity contribution in [2.75, 3.05) is 40.6 Å². The van der Waals surface area contributed by atoms with Crippen molar-refractivity contribution in [2.24, 2.45) is 0 Å². The number of anilines is 1. The third-order valence-corrected chi connectivity index (χ3v) is 4.61. The van der Waals surface area contributed by atoms with Gasteiger partial charge in [0.2, 0.25) is 0 Å². The zero-order valence-electron chi connectivity index (χ0n) is 15.8. The summed E-state index contributed by atoms with van der Waals surface area (Å²) in [5.41, 5.74) is 1.42. The first kappa shape index (κ1) is 21.7. The lowest BCUT2D eigenvalue weighted by Crippen LogP contribution is -2.27. The summed E-state index contributed by atoms with van der Waals surface area (Å²) in [5.74, 6) is -0.726. The standard InChI is InChI=1S/C17H24N4O3S2/c1-10(8-9-20(3)4)18-17(25)19-14-12(16(23)24-7)11(2)13(26-14)15(22)21(5)6/h8-9H,1H2,2-7H3,(H2,18,19,25)/b9-8-. The first-order chi connectivity index (χ1) is 12.1. The molecule has 0 spiro atoms. The monoisotopic (exact) mass is 396 g/mol. The van der Waals surface area contributed by atoms with E-state index in [0.29, 0.717) is 26.7 Å². The van der Waals surface area contributed by atoms with Crippen molar-refractivity contribution in [1.82, 2.24) is 15.1 Å². The van der Waals surface area contributed by atoms with E-state index < -0.39 is 5.97 Å². The van der Waals surface area contributed by atoms with Gasteiger partial charge in [0.1, 0.15) is 5.00 Å². The topological polar surface area (TPSA) is 73.9 Å². The molecule has 0 aliphatic carbocycles. The number of allylic oxidation sites excluding steroid dienone is 1. The molecule has 0 fully saturated rings. The Kier molecular flexibility index (Phi) is 7.78. The van der Waals surface area contributed by atoms with Crippen LogP contribution < -0.4 is 10.6 Å². The molecule has 1 aromatic rings. The van der Waals surface area contributed by atoms with E-state index in [0.717, 1.165) is 11.3 Å². The Morgan fingerprint density at radius 2 is 1.88 bits per heavy atom. The smallest absolute Gasteiger partial charge is 0.341 e. The maximum absolute atomic E-state index is 12.3. The number of thiocarbonyl (C=S) groups is 1. The molecule has 7 nitrogen and oxygen atoms in total. The van der Waals surface area contributed by atoms with Crippen LogP contribution >= 0.6 is 23.6 Å². The Labute approximate surface area is 163 Å². The van der Waals surface area contributed by atoms with E-state index in [1.54, 1.807) is 27.1 Å². The SMILES string of the molecule is C=C(/C=C\N(C)C)NC(=S)Nc1sc(C(=O)N(C)C)c(C)c1C(=O)OC. The number of nitrogens with zero attached hydrogens (tertiary/aromatic N) is 2. The van der Waals surface area contributed by atoms with Gasteiger partial charge in [-0.15, -0.1) is 11.3 Å². The fraction of sp³-hybridized carbons (Fsp3) is 0.353. The molecule has 1 aromatic heterocycles. The van der Waals surface area contributed by atoms with Gasteiger partial charge in [-0.3, -0.25) is 4.79 Å². The lowest BCUT2D eigenvalue weighted by atomic mass is 10.1. The van der Waals surface area contributed by atoms with Crippen molar-refractivity contribution in [1.29, 1.82) is 0 Å². The molecule has 0 aromatic carbocycles. The van der Waals surface area contributed by atoms with Crippen LogP contribution in [0.4, 0.5) is 5.00 Å². The second-order valence-corrected chi connectivity index (χ2v) is 7.26. The van der Waals surface area contributed by atoms with Crippen molar-refractivity contribution in [2.45, 2.75) is 6.92 Å². The van der Waals surface area contributed by atoms with Gasteiger partial charge in [-0.05, 0) is 30.8 Å². The summed E-state index contributed by atoms with van der Waals surface area (Å²) in [6.45, 7) is 5.56. The minimum Gasteiger partial charge on any atom is -0.465 e. The molecule has 142 valence electrons. The van der Waals surface area contributed by atoms with Gasteiger partial charge < -0.3 is 25.2 Å². The molecule has 26 heavy (non-hydrogen) atoms. The number of esters is 1. The van der Waals surface area contributed by atoms with Gasteiger partial charge in [0.25, 0.3) is 5.91 Å². The fourth-order valence-electron chi connectivity index (χ4n) is 1.92. The van der Waals surface area contributed by atoms with Gasteiger partial charge in [0.15, 0.2) is 5.11 Å². The molecule has 0 saturated carbocycles. The molecule has 1 amide bonds. The van der Waals surface area contributed by atoms with Crippen LogP contribution in [0.15, 0.2) is 24.6 Å². The van der Waals surface area contributed by atoms with Gasteiger partial charge in [0, 0.05) is 40.1 Å². The van der Waals surface area contributed by atoms with Crippen LogP contribution in [0.5, 0.6) is 0 Å². The van der Waals surface area contributed by atoms with Gasteiger partial charge in [0.05, 0.1) is 17.6 Å². The number of nitrogens with one attached hydrogen (secondary N) is 2. The molecule has 1 rings (SSSR count). The van der Waals surface area contributed by atoms with E-state index >= 15 is 0 Å². The zero-order chi connectivity index (χ0) is 20.0. The van der Waals surface area contributed by atoms with Crippen LogP contribution in [0.2, 0.25) is 0 Å². The number of thiophene rings is 1. The number of hydrogen-bond donors (Lipinski definition) is 2. The minimum atomic E-state index is -0.534. The molecule has 1 heterocycles. The minimum absolute atomic E-state index is 0.192. The van der Waals surface area contributed by atoms with Crippen molar-refractivity contribution in [3.8, 4) is 0 Å². The quantitative estimate of drug-likeness (QED) is 0.435. The first-order valence-corrected chi connectivity index (χ1v) is 8.85. The van der Waals surface area contributed by atoms with Crippen molar-refractivity contribution < 1.29 is 14.3 Å². The lowest BCUT2D eigenvalue weighted by molar-refractivity contribution is 0.0601. The normalized spacial score (nSPS) is 10.4. The van der Waals surface area contributed by atoms with Crippen LogP contribution in [0, 0.1) is 6.92 Å². The Morgan fingerprint density at radius 3 is 2.38 bits per heavy atom. The highest BCUT2D eigenvalue weighted by molar-refractivity contribution is 7.80. The van der Waals surface area contributed by atoms with E-state index in [1.165, 1.54) is 12.0 Å². The fourth-order valence-corrected chi connectivity index (χ4v) is 3.44. The third-order valence-electron chi connectivity index (χ3n) is 3.21. The summed E-state index contributed by atoms with van der Waals surface area (Å²) in [4.78, 5) is 28.3. The van der Waals surface area contributed by atoms with Gasteiger partial charge in [-0.1, -0.05) is 6.58 Å². The lowest BCUT2D eigenvalue weighted by Gasteiger charge is -2.11. The Hall–Kier alpha value is -2.39. The molecule has 0 aliphatic rings. The predicted molar refractivity (Wildman–Crippen MR) is 110 cm³/mol. The Morgan fingerprint density at radius 1 is 1.27 bits per heavy atom. The summed E-state index contributed by atoms with van der Waals surface area (Å²) in [6, 6.07) is 0. The summed E-state index contributed by atoms with van der Waals surface area (Å²) < 4.78 is 4.84. The van der Waals surface area contributed by atoms with E-state index in [1.807, 2.05) is 25.2 Å². The van der Waals surface area contributed by atoms with E-state index in [-0.39, 0.29) is 11.0 Å². The van der Waals surface area contributed by atoms with Crippen LogP contribution in [0.25, 0.3) is 0 Å². The highest BCUT2D eigenvalue weighted by Crippen LogP contribution is 2.34. The second-order valence-electron chi connectivity index (χ2n) is 5.84. The maximum atomic E-state index is 12.3. The highest BCUT2D eigenvalue weighted by Gasteiger charge is 2.26. The van der Waals surface area contributed by atoms with Gasteiger partial charge in [-0.2, -0.15) is 0 Å². The zero-order valence-corrected chi connectivity index (χ0v) is 17.4. The average molecular weight is 397 g/mol. The average Bonchev–Trinajstić information content (AvgIpc) is 2.87. The van der Waals surface area contributed by atoms with E-state index in [2.05, 4.69) is 17.2 Å². The van der Waals surface area contributed by atoms with Crippen molar-refractivity contribution >= 4 is 45.5 Å². The van der Waals surface area contributed by atoms with E-state index in [9.17, 15) is 9.59 Å². The second kappa shape index (κ2) is 9.35. The molecular weight excluding hydrogens is 372 g/mol. The summed E-state index contributed by atoms with van der Waals surface area (Å²) in [7, 11) is 8.38.